The predicted molar refractivity (Wildman–Crippen MR) is 79.4 cm³/mol. The van der Waals surface area contributed by atoms with Crippen LogP contribution in [0.25, 0.3) is 5.65 Å². The summed E-state index contributed by atoms with van der Waals surface area (Å²) in [5.41, 5.74) is 0.889. The molecular weight excluding hydrogens is 291 g/mol. The summed E-state index contributed by atoms with van der Waals surface area (Å²) in [5.74, 6) is 0. The van der Waals surface area contributed by atoms with Crippen molar-refractivity contribution in [2.75, 3.05) is 18.0 Å². The van der Waals surface area contributed by atoms with Gasteiger partial charge in [0.2, 0.25) is 0 Å². The molecule has 4 nitrogen and oxygen atoms in total. The Bertz CT molecular complexity index is 796. The summed E-state index contributed by atoms with van der Waals surface area (Å²) in [4.78, 5) is 6.19. The van der Waals surface area contributed by atoms with Crippen LogP contribution in [0.1, 0.15) is 5.56 Å². The van der Waals surface area contributed by atoms with Crippen molar-refractivity contribution in [3.05, 3.63) is 59.5 Å². The smallest absolute Gasteiger partial charge is 0.177 e. The second-order valence-electron chi connectivity index (χ2n) is 5.24. The molecule has 0 unspecified atom stereocenters. The Morgan fingerprint density at radius 1 is 1.19 bits per heavy atom. The van der Waals surface area contributed by atoms with E-state index in [1.807, 2.05) is 35.2 Å². The van der Waals surface area contributed by atoms with Crippen LogP contribution in [0.15, 0.2) is 48.8 Å². The van der Waals surface area contributed by atoms with Gasteiger partial charge in [0.05, 0.1) is 18.8 Å². The van der Waals surface area contributed by atoms with Gasteiger partial charge < -0.3 is 4.90 Å². The number of aromatic nitrogens is 3. The van der Waals surface area contributed by atoms with Crippen LogP contribution in [-0.2, 0) is 5.67 Å². The summed E-state index contributed by atoms with van der Waals surface area (Å²) in [5, 5.41) is 4.50. The van der Waals surface area contributed by atoms with Crippen molar-refractivity contribution >= 4 is 22.9 Å². The summed E-state index contributed by atoms with van der Waals surface area (Å²) < 4.78 is 16.5. The fraction of sp³-hybridized carbons (Fsp3) is 0.200. The predicted octanol–water partition coefficient (Wildman–Crippen LogP) is 3.07. The van der Waals surface area contributed by atoms with Gasteiger partial charge in [0.15, 0.2) is 16.5 Å². The number of hydrogen-bond donors (Lipinski definition) is 0. The molecule has 3 aromatic rings. The zero-order chi connectivity index (χ0) is 14.4. The number of anilines is 1. The lowest BCUT2D eigenvalue weighted by molar-refractivity contribution is 0.120. The monoisotopic (exact) mass is 302 g/mol. The Kier molecular flexibility index (Phi) is 2.65. The molecule has 0 atom stereocenters. The number of nitrogens with zero attached hydrogens (tertiary/aromatic N) is 4. The summed E-state index contributed by atoms with van der Waals surface area (Å²) in [6.45, 7) is 0.583. The molecule has 6 heteroatoms. The SMILES string of the molecule is FC1(c2ccccc2)CN(c2cc(Cl)nn3ccnc23)C1. The van der Waals surface area contributed by atoms with E-state index in [4.69, 9.17) is 11.6 Å². The van der Waals surface area contributed by atoms with Crippen molar-refractivity contribution < 1.29 is 4.39 Å². The number of rotatable bonds is 2. The fourth-order valence-electron chi connectivity index (χ4n) is 2.75. The van der Waals surface area contributed by atoms with Crippen molar-refractivity contribution in [3.8, 4) is 0 Å². The number of fused-ring (bicyclic) bond motifs is 1. The van der Waals surface area contributed by atoms with Gasteiger partial charge in [-0.1, -0.05) is 41.9 Å². The first-order chi connectivity index (χ1) is 10.2. The number of benzene rings is 1. The maximum absolute atomic E-state index is 14.9. The highest BCUT2D eigenvalue weighted by atomic mass is 35.5. The highest BCUT2D eigenvalue weighted by Crippen LogP contribution is 2.40. The first-order valence-corrected chi connectivity index (χ1v) is 7.03. The molecule has 0 saturated carbocycles. The van der Waals surface area contributed by atoms with Gasteiger partial charge in [-0.2, -0.15) is 5.10 Å². The van der Waals surface area contributed by atoms with Gasteiger partial charge >= 0.3 is 0 Å². The Balaban J connectivity index is 1.67. The number of hydrogen-bond acceptors (Lipinski definition) is 3. The molecule has 1 aromatic carbocycles. The molecular formula is C15H12ClFN4. The average molecular weight is 303 g/mol. The van der Waals surface area contributed by atoms with Crippen LogP contribution in [0.2, 0.25) is 5.15 Å². The molecule has 21 heavy (non-hydrogen) atoms. The Labute approximate surface area is 125 Å². The van der Waals surface area contributed by atoms with E-state index in [1.54, 1.807) is 23.0 Å². The number of imidazole rings is 1. The normalized spacial score (nSPS) is 17.0. The lowest BCUT2D eigenvalue weighted by Gasteiger charge is -2.46. The minimum atomic E-state index is -1.32. The van der Waals surface area contributed by atoms with E-state index < -0.39 is 5.67 Å². The lowest BCUT2D eigenvalue weighted by Crippen LogP contribution is -2.57. The van der Waals surface area contributed by atoms with E-state index in [1.165, 1.54) is 0 Å². The fourth-order valence-corrected chi connectivity index (χ4v) is 2.94. The van der Waals surface area contributed by atoms with Crippen LogP contribution in [0.3, 0.4) is 0 Å². The molecule has 1 saturated heterocycles. The number of halogens is 2. The molecule has 0 bridgehead atoms. The van der Waals surface area contributed by atoms with E-state index in [-0.39, 0.29) is 0 Å². The van der Waals surface area contributed by atoms with Crippen molar-refractivity contribution in [2.24, 2.45) is 0 Å². The maximum Gasteiger partial charge on any atom is 0.177 e. The molecule has 1 aliphatic rings. The van der Waals surface area contributed by atoms with Crippen LogP contribution in [0.5, 0.6) is 0 Å². The van der Waals surface area contributed by atoms with Crippen LogP contribution >= 0.6 is 11.6 Å². The molecule has 4 rings (SSSR count). The highest BCUT2D eigenvalue weighted by molar-refractivity contribution is 6.29. The van der Waals surface area contributed by atoms with Crippen molar-refractivity contribution in [3.63, 3.8) is 0 Å². The standard InChI is InChI=1S/C15H12ClFN4/c16-13-8-12(14-18-6-7-21(14)19-13)20-9-15(17,10-20)11-4-2-1-3-5-11/h1-8H,9-10H2. The molecule has 0 aliphatic carbocycles. The average Bonchev–Trinajstić information content (AvgIpc) is 2.92. The third-order valence-electron chi connectivity index (χ3n) is 3.82. The van der Waals surface area contributed by atoms with Crippen LogP contribution < -0.4 is 4.90 Å². The first kappa shape index (κ1) is 12.6. The molecule has 0 amide bonds. The van der Waals surface area contributed by atoms with Gasteiger partial charge in [-0.3, -0.25) is 0 Å². The van der Waals surface area contributed by atoms with Crippen LogP contribution in [-0.4, -0.2) is 27.7 Å². The van der Waals surface area contributed by atoms with Crippen molar-refractivity contribution in [2.45, 2.75) is 5.67 Å². The van der Waals surface area contributed by atoms with Gasteiger partial charge in [-0.15, -0.1) is 0 Å². The minimum absolute atomic E-state index is 0.292. The second kappa shape index (κ2) is 4.43. The van der Waals surface area contributed by atoms with Gasteiger partial charge in [-0.05, 0) is 5.56 Å². The minimum Gasteiger partial charge on any atom is -0.361 e. The summed E-state index contributed by atoms with van der Waals surface area (Å²) >= 11 is 6.01. The molecule has 0 radical (unpaired) electrons. The van der Waals surface area contributed by atoms with E-state index in [0.717, 1.165) is 5.69 Å². The summed E-state index contributed by atoms with van der Waals surface area (Å²) in [6, 6.07) is 11.0. The van der Waals surface area contributed by atoms with Gasteiger partial charge in [-0.25, -0.2) is 13.9 Å². The molecule has 1 aliphatic heterocycles. The largest absolute Gasteiger partial charge is 0.361 e. The maximum atomic E-state index is 14.9. The molecule has 0 N–H and O–H groups in total. The second-order valence-corrected chi connectivity index (χ2v) is 5.62. The van der Waals surface area contributed by atoms with Crippen LogP contribution in [0, 0.1) is 0 Å². The Morgan fingerprint density at radius 2 is 1.95 bits per heavy atom. The van der Waals surface area contributed by atoms with E-state index in [2.05, 4.69) is 10.1 Å². The topological polar surface area (TPSA) is 33.4 Å². The molecule has 0 spiro atoms. The lowest BCUT2D eigenvalue weighted by atomic mass is 9.87. The zero-order valence-electron chi connectivity index (χ0n) is 11.1. The quantitative estimate of drug-likeness (QED) is 0.729. The Hall–Kier alpha value is -2.14. The summed E-state index contributed by atoms with van der Waals surface area (Å²) in [7, 11) is 0. The molecule has 1 fully saturated rings. The van der Waals surface area contributed by atoms with E-state index >= 15 is 0 Å². The van der Waals surface area contributed by atoms with Crippen molar-refractivity contribution in [1.29, 1.82) is 0 Å². The third-order valence-corrected chi connectivity index (χ3v) is 4.01. The van der Waals surface area contributed by atoms with Gasteiger partial charge in [0, 0.05) is 18.5 Å². The molecule has 3 heterocycles. The Morgan fingerprint density at radius 3 is 2.71 bits per heavy atom. The third kappa shape index (κ3) is 1.96. The van der Waals surface area contributed by atoms with Gasteiger partial charge in [0.1, 0.15) is 0 Å². The highest BCUT2D eigenvalue weighted by Gasteiger charge is 2.45. The molecule has 106 valence electrons. The van der Waals surface area contributed by atoms with Crippen LogP contribution in [0.4, 0.5) is 10.1 Å². The number of alkyl halides is 1. The van der Waals surface area contributed by atoms with E-state index in [9.17, 15) is 4.39 Å². The summed E-state index contributed by atoms with van der Waals surface area (Å²) in [6.07, 6.45) is 3.38. The first-order valence-electron chi connectivity index (χ1n) is 6.65. The zero-order valence-corrected chi connectivity index (χ0v) is 11.8. The van der Waals surface area contributed by atoms with E-state index in [0.29, 0.717) is 29.5 Å². The molecule has 2 aromatic heterocycles. The van der Waals surface area contributed by atoms with Crippen molar-refractivity contribution in [1.82, 2.24) is 14.6 Å². The van der Waals surface area contributed by atoms with Gasteiger partial charge in [0.25, 0.3) is 0 Å².